The molecule has 0 spiro atoms. The van der Waals surface area contributed by atoms with Gasteiger partial charge in [0, 0.05) is 16.3 Å². The van der Waals surface area contributed by atoms with Crippen LogP contribution in [0.15, 0.2) is 47.4 Å². The van der Waals surface area contributed by atoms with E-state index >= 15 is 0 Å². The Morgan fingerprint density at radius 3 is 2.52 bits per heavy atom. The molecule has 8 heteroatoms. The molecule has 0 radical (unpaired) electrons. The van der Waals surface area contributed by atoms with Gasteiger partial charge in [-0.25, -0.2) is 0 Å². The first-order chi connectivity index (χ1) is 13.0. The van der Waals surface area contributed by atoms with Gasteiger partial charge in [0.2, 0.25) is 0 Å². The minimum atomic E-state index is -0.365. The van der Waals surface area contributed by atoms with Crippen molar-refractivity contribution in [2.75, 3.05) is 26.2 Å². The monoisotopic (exact) mass is 404 g/mol. The van der Waals surface area contributed by atoms with Gasteiger partial charge in [-0.05, 0) is 60.3 Å². The Labute approximate surface area is 166 Å². The van der Waals surface area contributed by atoms with Crippen LogP contribution < -0.4 is 14.8 Å². The maximum absolute atomic E-state index is 12.6. The van der Waals surface area contributed by atoms with Crippen LogP contribution >= 0.6 is 23.4 Å². The van der Waals surface area contributed by atoms with E-state index in [1.54, 1.807) is 62.8 Å². The van der Waals surface area contributed by atoms with Crippen LogP contribution in [-0.2, 0) is 4.79 Å². The number of methoxy groups -OCH3 is 2. The number of benzene rings is 2. The van der Waals surface area contributed by atoms with E-state index in [9.17, 15) is 9.59 Å². The Balaban J connectivity index is 1.77. The first-order valence-corrected chi connectivity index (χ1v) is 9.18. The molecule has 0 unspecified atom stereocenters. The minimum absolute atomic E-state index is 0.0683. The summed E-state index contributed by atoms with van der Waals surface area (Å²) in [4.78, 5) is 26.4. The maximum Gasteiger partial charge on any atom is 0.295 e. The number of carbonyl (C=O) groups is 2. The van der Waals surface area contributed by atoms with Gasteiger partial charge in [0.15, 0.2) is 0 Å². The quantitative estimate of drug-likeness (QED) is 0.717. The Morgan fingerprint density at radius 1 is 1.11 bits per heavy atom. The Morgan fingerprint density at radius 2 is 1.85 bits per heavy atom. The van der Waals surface area contributed by atoms with Crippen LogP contribution in [0, 0.1) is 0 Å². The zero-order valence-corrected chi connectivity index (χ0v) is 16.3. The summed E-state index contributed by atoms with van der Waals surface area (Å²) in [5, 5.41) is 3.31. The second-order valence-electron chi connectivity index (χ2n) is 5.56. The second kappa shape index (κ2) is 8.37. The van der Waals surface area contributed by atoms with Crippen LogP contribution in [0.3, 0.4) is 0 Å². The van der Waals surface area contributed by atoms with Crippen molar-refractivity contribution in [2.45, 2.75) is 0 Å². The first kappa shape index (κ1) is 19.1. The number of halogens is 1. The largest absolute Gasteiger partial charge is 0.497 e. The molecule has 1 aliphatic heterocycles. The SMILES string of the molecule is COc1ccc(OC)c(/C=C2/SC(=O)N(CNc3ccc(Cl)cc3)C2=O)c1. The highest BCUT2D eigenvalue weighted by atomic mass is 35.5. The van der Waals surface area contributed by atoms with Gasteiger partial charge >= 0.3 is 0 Å². The van der Waals surface area contributed by atoms with Crippen molar-refractivity contribution < 1.29 is 19.1 Å². The van der Waals surface area contributed by atoms with Crippen molar-refractivity contribution in [3.63, 3.8) is 0 Å². The molecule has 1 saturated heterocycles. The number of ether oxygens (including phenoxy) is 2. The molecule has 0 saturated carbocycles. The molecule has 0 bridgehead atoms. The van der Waals surface area contributed by atoms with Crippen molar-refractivity contribution in [3.8, 4) is 11.5 Å². The zero-order chi connectivity index (χ0) is 19.4. The van der Waals surface area contributed by atoms with E-state index in [1.807, 2.05) is 0 Å². The van der Waals surface area contributed by atoms with Crippen molar-refractivity contribution in [1.82, 2.24) is 4.90 Å². The van der Waals surface area contributed by atoms with Gasteiger partial charge in [0.05, 0.1) is 25.8 Å². The zero-order valence-electron chi connectivity index (χ0n) is 14.7. The lowest BCUT2D eigenvalue weighted by Gasteiger charge is -2.14. The summed E-state index contributed by atoms with van der Waals surface area (Å²) in [6, 6.07) is 12.3. The summed E-state index contributed by atoms with van der Waals surface area (Å²) in [5.41, 5.74) is 1.42. The third-order valence-corrected chi connectivity index (χ3v) is 5.04. The highest BCUT2D eigenvalue weighted by Gasteiger charge is 2.35. The molecule has 140 valence electrons. The van der Waals surface area contributed by atoms with E-state index in [4.69, 9.17) is 21.1 Å². The minimum Gasteiger partial charge on any atom is -0.497 e. The van der Waals surface area contributed by atoms with Gasteiger partial charge in [-0.2, -0.15) is 0 Å². The Hall–Kier alpha value is -2.64. The fourth-order valence-corrected chi connectivity index (χ4v) is 3.42. The van der Waals surface area contributed by atoms with E-state index < -0.39 is 0 Å². The third-order valence-electron chi connectivity index (χ3n) is 3.88. The maximum atomic E-state index is 12.6. The number of imide groups is 1. The van der Waals surface area contributed by atoms with Crippen LogP contribution in [0.2, 0.25) is 5.02 Å². The third kappa shape index (κ3) is 4.37. The molecule has 1 fully saturated rings. The predicted octanol–water partition coefficient (Wildman–Crippen LogP) is 4.46. The molecule has 1 heterocycles. The lowest BCUT2D eigenvalue weighted by Crippen LogP contribution is -2.33. The van der Waals surface area contributed by atoms with Crippen molar-refractivity contribution in [1.29, 1.82) is 0 Å². The van der Waals surface area contributed by atoms with Crippen LogP contribution in [-0.4, -0.2) is 36.9 Å². The predicted molar refractivity (Wildman–Crippen MR) is 107 cm³/mol. The lowest BCUT2D eigenvalue weighted by molar-refractivity contribution is -0.122. The van der Waals surface area contributed by atoms with Gasteiger partial charge < -0.3 is 14.8 Å². The molecule has 0 atom stereocenters. The number of anilines is 1. The van der Waals surface area contributed by atoms with Crippen LogP contribution in [0.1, 0.15) is 5.56 Å². The number of hydrogen-bond donors (Lipinski definition) is 1. The number of thioether (sulfide) groups is 1. The summed E-state index contributed by atoms with van der Waals surface area (Å²) in [6.45, 7) is 0.0683. The molecule has 3 rings (SSSR count). The number of rotatable bonds is 6. The van der Waals surface area contributed by atoms with E-state index in [0.717, 1.165) is 22.3 Å². The normalized spacial score (nSPS) is 15.4. The average Bonchev–Trinajstić information content (AvgIpc) is 2.94. The Kier molecular flexibility index (Phi) is 5.93. The van der Waals surface area contributed by atoms with E-state index in [0.29, 0.717) is 27.0 Å². The van der Waals surface area contributed by atoms with Crippen LogP contribution in [0.4, 0.5) is 10.5 Å². The molecular weight excluding hydrogens is 388 g/mol. The van der Waals surface area contributed by atoms with Gasteiger partial charge in [-0.3, -0.25) is 14.5 Å². The molecule has 1 aliphatic rings. The number of carbonyl (C=O) groups excluding carboxylic acids is 2. The molecule has 6 nitrogen and oxygen atoms in total. The van der Waals surface area contributed by atoms with Gasteiger partial charge in [0.1, 0.15) is 11.5 Å². The van der Waals surface area contributed by atoms with Gasteiger partial charge in [0.25, 0.3) is 11.1 Å². The number of nitrogens with one attached hydrogen (secondary N) is 1. The van der Waals surface area contributed by atoms with Crippen molar-refractivity contribution >= 4 is 46.3 Å². The highest BCUT2D eigenvalue weighted by Crippen LogP contribution is 2.35. The summed E-state index contributed by atoms with van der Waals surface area (Å²) < 4.78 is 10.5. The lowest BCUT2D eigenvalue weighted by atomic mass is 10.1. The fraction of sp³-hybridized carbons (Fsp3) is 0.158. The Bertz CT molecular complexity index is 899. The molecule has 2 aromatic rings. The fourth-order valence-electron chi connectivity index (χ4n) is 2.47. The second-order valence-corrected chi connectivity index (χ2v) is 6.99. The van der Waals surface area contributed by atoms with Crippen molar-refractivity contribution in [2.24, 2.45) is 0 Å². The van der Waals surface area contributed by atoms with Crippen LogP contribution in [0.25, 0.3) is 6.08 Å². The summed E-state index contributed by atoms with van der Waals surface area (Å²) in [6.07, 6.45) is 1.63. The average molecular weight is 405 g/mol. The molecular formula is C19H17ClN2O4S. The number of hydrogen-bond acceptors (Lipinski definition) is 6. The molecule has 27 heavy (non-hydrogen) atoms. The topological polar surface area (TPSA) is 67.9 Å². The highest BCUT2D eigenvalue weighted by molar-refractivity contribution is 8.18. The number of nitrogens with zero attached hydrogens (tertiary/aromatic N) is 1. The van der Waals surface area contributed by atoms with Gasteiger partial charge in [-0.1, -0.05) is 11.6 Å². The molecule has 2 amide bonds. The summed E-state index contributed by atoms with van der Waals surface area (Å²) >= 11 is 6.74. The van der Waals surface area contributed by atoms with Crippen LogP contribution in [0.5, 0.6) is 11.5 Å². The van der Waals surface area contributed by atoms with E-state index in [2.05, 4.69) is 5.32 Å². The molecule has 2 aromatic carbocycles. The first-order valence-electron chi connectivity index (χ1n) is 7.98. The molecule has 0 aliphatic carbocycles. The summed E-state index contributed by atoms with van der Waals surface area (Å²) in [7, 11) is 3.10. The smallest absolute Gasteiger partial charge is 0.295 e. The molecule has 1 N–H and O–H groups in total. The van der Waals surface area contributed by atoms with Crippen molar-refractivity contribution in [3.05, 3.63) is 58.0 Å². The summed E-state index contributed by atoms with van der Waals surface area (Å²) in [5.74, 6) is 0.851. The van der Waals surface area contributed by atoms with E-state index in [1.165, 1.54) is 0 Å². The van der Waals surface area contributed by atoms with E-state index in [-0.39, 0.29) is 17.8 Å². The standard InChI is InChI=1S/C19H17ClN2O4S/c1-25-15-7-8-16(26-2)12(9-15)10-17-18(23)22(19(24)27-17)11-21-14-5-3-13(20)4-6-14/h3-10,21H,11H2,1-2H3/b17-10+. The number of amides is 2. The van der Waals surface area contributed by atoms with Gasteiger partial charge in [-0.15, -0.1) is 0 Å². The molecule has 0 aromatic heterocycles.